The number of Topliss-reactive ketones (excluding diaryl/α,β-unsaturated/α-hetero) is 1. The zero-order valence-electron chi connectivity index (χ0n) is 16.2. The Morgan fingerprint density at radius 2 is 1.88 bits per heavy atom. The molecule has 0 amide bonds. The third-order valence-electron chi connectivity index (χ3n) is 6.79. The Bertz CT molecular complexity index is 776. The predicted molar refractivity (Wildman–Crippen MR) is 106 cm³/mol. The Morgan fingerprint density at radius 1 is 1.12 bits per heavy atom. The molecule has 0 spiro atoms. The summed E-state index contributed by atoms with van der Waals surface area (Å²) in [4.78, 5) is 15.3. The van der Waals surface area contributed by atoms with Crippen molar-refractivity contribution in [1.82, 2.24) is 9.47 Å². The highest BCUT2D eigenvalue weighted by atomic mass is 16.1. The standard InChI is InChI=1S/C23H30N2O/c1-4-22(26)23-19(15-18-12-13-21(23)24(18)3)16-8-10-17(11-9-16)20-7-6-14-25(20)5-2/h6-11,14,18-19,21,23H,4-5,12-13,15H2,1-3H3/t18-,19+,21+,23-/m0/s1. The number of piperidine rings is 1. The largest absolute Gasteiger partial charge is 0.348 e. The van der Waals surface area contributed by atoms with E-state index >= 15 is 0 Å². The van der Waals surface area contributed by atoms with E-state index in [1.54, 1.807) is 0 Å². The molecule has 0 radical (unpaired) electrons. The predicted octanol–water partition coefficient (Wildman–Crippen LogP) is 4.72. The lowest BCUT2D eigenvalue weighted by Gasteiger charge is -2.42. The molecule has 26 heavy (non-hydrogen) atoms. The van der Waals surface area contributed by atoms with Crippen molar-refractivity contribution in [2.45, 2.75) is 64.1 Å². The van der Waals surface area contributed by atoms with E-state index in [9.17, 15) is 4.79 Å². The fourth-order valence-corrected chi connectivity index (χ4v) is 5.34. The molecule has 3 heterocycles. The molecule has 0 unspecified atom stereocenters. The van der Waals surface area contributed by atoms with Gasteiger partial charge in [-0.05, 0) is 62.4 Å². The van der Waals surface area contributed by atoms with Gasteiger partial charge in [-0.2, -0.15) is 0 Å². The van der Waals surface area contributed by atoms with Crippen LogP contribution in [0.15, 0.2) is 42.6 Å². The van der Waals surface area contributed by atoms with E-state index in [4.69, 9.17) is 0 Å². The minimum Gasteiger partial charge on any atom is -0.348 e. The summed E-state index contributed by atoms with van der Waals surface area (Å²) in [5.74, 6) is 0.980. The molecule has 2 aromatic rings. The molecule has 1 aromatic heterocycles. The van der Waals surface area contributed by atoms with E-state index in [1.807, 2.05) is 6.92 Å². The minimum atomic E-state index is 0.161. The fraction of sp³-hybridized carbons (Fsp3) is 0.522. The van der Waals surface area contributed by atoms with Crippen molar-refractivity contribution in [1.29, 1.82) is 0 Å². The van der Waals surface area contributed by atoms with Gasteiger partial charge in [0.05, 0.1) is 0 Å². The molecule has 4 atom stereocenters. The van der Waals surface area contributed by atoms with Gasteiger partial charge in [0.2, 0.25) is 0 Å². The van der Waals surface area contributed by atoms with Crippen LogP contribution < -0.4 is 0 Å². The minimum absolute atomic E-state index is 0.161. The summed E-state index contributed by atoms with van der Waals surface area (Å²) in [7, 11) is 2.22. The van der Waals surface area contributed by atoms with Crippen LogP contribution in [0.1, 0.15) is 51.0 Å². The molecule has 4 rings (SSSR count). The molecule has 0 N–H and O–H groups in total. The lowest BCUT2D eigenvalue weighted by Crippen LogP contribution is -2.48. The van der Waals surface area contributed by atoms with Gasteiger partial charge in [0.25, 0.3) is 0 Å². The number of rotatable bonds is 5. The molecule has 3 nitrogen and oxygen atoms in total. The van der Waals surface area contributed by atoms with Gasteiger partial charge < -0.3 is 4.57 Å². The van der Waals surface area contributed by atoms with E-state index in [-0.39, 0.29) is 5.92 Å². The average molecular weight is 351 g/mol. The van der Waals surface area contributed by atoms with E-state index < -0.39 is 0 Å². The topological polar surface area (TPSA) is 25.2 Å². The van der Waals surface area contributed by atoms with Crippen molar-refractivity contribution in [2.75, 3.05) is 7.05 Å². The van der Waals surface area contributed by atoms with Crippen LogP contribution in [0, 0.1) is 5.92 Å². The number of aryl methyl sites for hydroxylation is 1. The number of fused-ring (bicyclic) bond motifs is 2. The van der Waals surface area contributed by atoms with Crippen LogP contribution in [0.25, 0.3) is 11.3 Å². The maximum Gasteiger partial charge on any atom is 0.137 e. The molecule has 138 valence electrons. The summed E-state index contributed by atoms with van der Waals surface area (Å²) in [6, 6.07) is 14.4. The molecule has 0 saturated carbocycles. The van der Waals surface area contributed by atoms with Crippen LogP contribution >= 0.6 is 0 Å². The number of benzene rings is 1. The van der Waals surface area contributed by atoms with Crippen LogP contribution in [0.4, 0.5) is 0 Å². The molecule has 0 aliphatic carbocycles. The summed E-state index contributed by atoms with van der Waals surface area (Å²) >= 11 is 0. The molecular formula is C23H30N2O. The molecule has 2 fully saturated rings. The molecule has 2 saturated heterocycles. The van der Waals surface area contributed by atoms with Crippen LogP contribution in [0.3, 0.4) is 0 Å². The molecule has 3 heteroatoms. The highest BCUT2D eigenvalue weighted by Crippen LogP contribution is 2.47. The van der Waals surface area contributed by atoms with E-state index in [2.05, 4.69) is 66.0 Å². The maximum absolute atomic E-state index is 12.8. The van der Waals surface area contributed by atoms with E-state index in [0.717, 1.165) is 13.0 Å². The third kappa shape index (κ3) is 2.83. The van der Waals surface area contributed by atoms with Crippen molar-refractivity contribution >= 4 is 5.78 Å². The molecule has 2 aliphatic heterocycles. The first kappa shape index (κ1) is 17.5. The highest BCUT2D eigenvalue weighted by Gasteiger charge is 2.48. The SMILES string of the molecule is CCC(=O)[C@H]1[C@@H](c2ccc(-c3cccn3CC)cc2)C[C@@H]2CC[C@H]1N2C. The summed E-state index contributed by atoms with van der Waals surface area (Å²) in [6.07, 6.45) is 6.32. The number of hydrogen-bond acceptors (Lipinski definition) is 2. The average Bonchev–Trinajstić information content (AvgIpc) is 3.23. The van der Waals surface area contributed by atoms with Crippen molar-refractivity contribution in [3.8, 4) is 11.3 Å². The quantitative estimate of drug-likeness (QED) is 0.779. The zero-order valence-corrected chi connectivity index (χ0v) is 16.2. The smallest absolute Gasteiger partial charge is 0.137 e. The van der Waals surface area contributed by atoms with E-state index in [0.29, 0.717) is 30.2 Å². The Morgan fingerprint density at radius 3 is 2.58 bits per heavy atom. The van der Waals surface area contributed by atoms with Crippen molar-refractivity contribution in [3.05, 3.63) is 48.2 Å². The Balaban J connectivity index is 1.64. The number of hydrogen-bond donors (Lipinski definition) is 0. The normalized spacial score (nSPS) is 28.4. The monoisotopic (exact) mass is 350 g/mol. The number of nitrogens with zero attached hydrogens (tertiary/aromatic N) is 2. The lowest BCUT2D eigenvalue weighted by molar-refractivity contribution is -0.126. The molecule has 2 bridgehead atoms. The van der Waals surface area contributed by atoms with Crippen LogP contribution in [0.5, 0.6) is 0 Å². The summed E-state index contributed by atoms with van der Waals surface area (Å²) < 4.78 is 2.27. The Kier molecular flexibility index (Phi) is 4.74. The van der Waals surface area contributed by atoms with Gasteiger partial charge in [0.15, 0.2) is 0 Å². The van der Waals surface area contributed by atoms with Crippen LogP contribution in [0.2, 0.25) is 0 Å². The van der Waals surface area contributed by atoms with Gasteiger partial charge in [-0.3, -0.25) is 9.69 Å². The number of ketones is 1. The summed E-state index contributed by atoms with van der Waals surface area (Å²) in [5.41, 5.74) is 3.87. The first-order chi connectivity index (χ1) is 12.6. The second kappa shape index (κ2) is 7.03. The summed E-state index contributed by atoms with van der Waals surface area (Å²) in [5, 5.41) is 0. The second-order valence-electron chi connectivity index (χ2n) is 7.95. The Hall–Kier alpha value is -1.87. The Labute approximate surface area is 157 Å². The van der Waals surface area contributed by atoms with Crippen LogP contribution in [-0.4, -0.2) is 34.4 Å². The van der Waals surface area contributed by atoms with Gasteiger partial charge in [-0.1, -0.05) is 31.2 Å². The first-order valence-electron chi connectivity index (χ1n) is 10.1. The highest BCUT2D eigenvalue weighted by molar-refractivity contribution is 5.83. The number of aromatic nitrogens is 1. The second-order valence-corrected chi connectivity index (χ2v) is 7.95. The number of carbonyl (C=O) groups excluding carboxylic acids is 1. The molecule has 2 aliphatic rings. The van der Waals surface area contributed by atoms with Gasteiger partial charge in [-0.15, -0.1) is 0 Å². The van der Waals surface area contributed by atoms with Gasteiger partial charge >= 0.3 is 0 Å². The third-order valence-corrected chi connectivity index (χ3v) is 6.79. The van der Waals surface area contributed by atoms with Crippen molar-refractivity contribution in [2.24, 2.45) is 5.92 Å². The number of carbonyl (C=O) groups is 1. The zero-order chi connectivity index (χ0) is 18.3. The first-order valence-corrected chi connectivity index (χ1v) is 10.1. The maximum atomic E-state index is 12.8. The lowest BCUT2D eigenvalue weighted by atomic mass is 9.73. The van der Waals surface area contributed by atoms with Crippen molar-refractivity contribution < 1.29 is 4.79 Å². The van der Waals surface area contributed by atoms with Gasteiger partial charge in [0.1, 0.15) is 5.78 Å². The summed E-state index contributed by atoms with van der Waals surface area (Å²) in [6.45, 7) is 5.17. The molecular weight excluding hydrogens is 320 g/mol. The van der Waals surface area contributed by atoms with Gasteiger partial charge in [-0.25, -0.2) is 0 Å². The fourth-order valence-electron chi connectivity index (χ4n) is 5.34. The van der Waals surface area contributed by atoms with Gasteiger partial charge in [0, 0.05) is 42.9 Å². The van der Waals surface area contributed by atoms with E-state index in [1.165, 1.54) is 29.7 Å². The molecule has 1 aromatic carbocycles. The van der Waals surface area contributed by atoms with Crippen molar-refractivity contribution in [3.63, 3.8) is 0 Å². The van der Waals surface area contributed by atoms with Crippen LogP contribution in [-0.2, 0) is 11.3 Å².